The molecule has 0 N–H and O–H groups in total. The molecule has 0 aliphatic rings. The van der Waals surface area contributed by atoms with Gasteiger partial charge in [-0.2, -0.15) is 4.90 Å². The van der Waals surface area contributed by atoms with Crippen LogP contribution in [-0.4, -0.2) is 28.0 Å². The largest absolute Gasteiger partial charge is 0.443 e. The molecule has 0 fully saturated rings. The first kappa shape index (κ1) is 20.2. The van der Waals surface area contributed by atoms with E-state index in [0.717, 1.165) is 0 Å². The van der Waals surface area contributed by atoms with Crippen LogP contribution in [0.15, 0.2) is 21.5 Å². The first-order chi connectivity index (χ1) is 10.7. The molecule has 8 heteroatoms. The van der Waals surface area contributed by atoms with Crippen LogP contribution in [0.5, 0.6) is 0 Å². The first-order valence-corrected chi connectivity index (χ1v) is 8.13. The van der Waals surface area contributed by atoms with E-state index in [4.69, 9.17) is 9.47 Å². The lowest BCUT2D eigenvalue weighted by Crippen LogP contribution is -2.46. The lowest BCUT2D eigenvalue weighted by Gasteiger charge is -2.28. The quantitative estimate of drug-likeness (QED) is 0.713. The third kappa shape index (κ3) is 5.36. The van der Waals surface area contributed by atoms with Crippen molar-refractivity contribution in [3.63, 3.8) is 0 Å². The molecule has 0 spiro atoms. The summed E-state index contributed by atoms with van der Waals surface area (Å²) in [4.78, 5) is 38.1. The molecule has 24 heavy (non-hydrogen) atoms. The summed E-state index contributed by atoms with van der Waals surface area (Å²) in [5.41, 5.74) is -2.39. The Bertz CT molecular complexity index is 670. The van der Waals surface area contributed by atoms with Crippen molar-refractivity contribution in [3.8, 4) is 0 Å². The van der Waals surface area contributed by atoms with Crippen LogP contribution in [0, 0.1) is 0 Å². The molecule has 0 saturated carbocycles. The van der Waals surface area contributed by atoms with Crippen molar-refractivity contribution in [2.75, 3.05) is 4.90 Å². The van der Waals surface area contributed by atoms with Gasteiger partial charge in [-0.3, -0.25) is 4.79 Å². The molecular weight excluding hydrogens is 380 g/mol. The summed E-state index contributed by atoms with van der Waals surface area (Å²) >= 11 is 3.21. The van der Waals surface area contributed by atoms with Crippen molar-refractivity contribution in [1.29, 1.82) is 0 Å². The number of aromatic nitrogens is 1. The molecule has 0 bridgehead atoms. The maximum atomic E-state index is 12.5. The highest BCUT2D eigenvalue weighted by molar-refractivity contribution is 9.10. The fraction of sp³-hybridized carbons (Fsp3) is 0.562. The third-order valence-electron chi connectivity index (χ3n) is 2.57. The van der Waals surface area contributed by atoms with Gasteiger partial charge in [-0.15, -0.1) is 0 Å². The fourth-order valence-electron chi connectivity index (χ4n) is 1.67. The van der Waals surface area contributed by atoms with E-state index in [-0.39, 0.29) is 10.2 Å². The van der Waals surface area contributed by atoms with E-state index in [1.54, 1.807) is 47.6 Å². The summed E-state index contributed by atoms with van der Waals surface area (Å²) in [5.74, 6) is 0. The molecule has 134 valence electrons. The smallest absolute Gasteiger partial charge is 0.424 e. The van der Waals surface area contributed by atoms with Crippen molar-refractivity contribution in [2.45, 2.75) is 52.7 Å². The standard InChI is InChI=1S/C16H23BrN2O5/c1-15(2,3)23-13(21)19(14(22)24-16(4,5)6)11-10(17)8-9-18(7)12(11)20/h8-9H,1-7H3. The Labute approximate surface area is 149 Å². The van der Waals surface area contributed by atoms with Gasteiger partial charge in [-0.25, -0.2) is 9.59 Å². The number of amides is 2. The normalized spacial score (nSPS) is 11.8. The van der Waals surface area contributed by atoms with Gasteiger partial charge in [0.25, 0.3) is 5.56 Å². The lowest BCUT2D eigenvalue weighted by molar-refractivity contribution is 0.0429. The molecule has 0 radical (unpaired) electrons. The number of nitrogens with zero attached hydrogens (tertiary/aromatic N) is 2. The van der Waals surface area contributed by atoms with Crippen LogP contribution < -0.4 is 10.5 Å². The maximum Gasteiger partial charge on any atom is 0.424 e. The van der Waals surface area contributed by atoms with Gasteiger partial charge in [0.05, 0.1) is 0 Å². The summed E-state index contributed by atoms with van der Waals surface area (Å²) in [6.07, 6.45) is -0.459. The maximum absolute atomic E-state index is 12.5. The first-order valence-electron chi connectivity index (χ1n) is 7.34. The van der Waals surface area contributed by atoms with Crippen molar-refractivity contribution in [2.24, 2.45) is 7.05 Å². The van der Waals surface area contributed by atoms with E-state index in [1.165, 1.54) is 17.8 Å². The summed E-state index contributed by atoms with van der Waals surface area (Å²) in [6.45, 7) is 9.98. The van der Waals surface area contributed by atoms with Gasteiger partial charge in [0.15, 0.2) is 0 Å². The van der Waals surface area contributed by atoms with Gasteiger partial charge in [0.1, 0.15) is 16.9 Å². The van der Waals surface area contributed by atoms with Gasteiger partial charge in [0, 0.05) is 17.7 Å². The molecule has 1 aromatic rings. The van der Waals surface area contributed by atoms with E-state index >= 15 is 0 Å². The molecule has 0 atom stereocenters. The Balaban J connectivity index is 3.45. The zero-order valence-corrected chi connectivity index (χ0v) is 16.6. The molecule has 7 nitrogen and oxygen atoms in total. The van der Waals surface area contributed by atoms with Crippen LogP contribution in [0.1, 0.15) is 41.5 Å². The second-order valence-corrected chi connectivity index (χ2v) is 8.08. The molecular formula is C16H23BrN2O5. The van der Waals surface area contributed by atoms with E-state index in [0.29, 0.717) is 4.90 Å². The SMILES string of the molecule is Cn1ccc(Br)c(N(C(=O)OC(C)(C)C)C(=O)OC(C)(C)C)c1=O. The summed E-state index contributed by atoms with van der Waals surface area (Å²) in [5, 5.41) is 0. The summed E-state index contributed by atoms with van der Waals surface area (Å²) < 4.78 is 12.0. The Hall–Kier alpha value is -1.83. The van der Waals surface area contributed by atoms with E-state index in [2.05, 4.69) is 15.9 Å². The molecule has 0 unspecified atom stereocenters. The lowest BCUT2D eigenvalue weighted by atomic mass is 10.2. The summed E-state index contributed by atoms with van der Waals surface area (Å²) in [7, 11) is 1.51. The van der Waals surface area contributed by atoms with E-state index in [1.807, 2.05) is 0 Å². The Morgan fingerprint density at radius 2 is 1.46 bits per heavy atom. The number of hydrogen-bond donors (Lipinski definition) is 0. The molecule has 1 aromatic heterocycles. The van der Waals surface area contributed by atoms with Crippen LogP contribution in [0.4, 0.5) is 15.3 Å². The Morgan fingerprint density at radius 3 is 1.83 bits per heavy atom. The number of carbonyl (C=O) groups is 2. The van der Waals surface area contributed by atoms with Crippen molar-refractivity contribution < 1.29 is 19.1 Å². The Kier molecular flexibility index (Phi) is 5.86. The predicted octanol–water partition coefficient (Wildman–Crippen LogP) is 3.82. The van der Waals surface area contributed by atoms with Crippen LogP contribution in [-0.2, 0) is 16.5 Å². The van der Waals surface area contributed by atoms with Gasteiger partial charge in [-0.05, 0) is 63.5 Å². The molecule has 1 heterocycles. The van der Waals surface area contributed by atoms with E-state index in [9.17, 15) is 14.4 Å². The average molecular weight is 403 g/mol. The van der Waals surface area contributed by atoms with Crippen molar-refractivity contribution in [3.05, 3.63) is 27.1 Å². The number of carbonyl (C=O) groups excluding carboxylic acids is 2. The highest BCUT2D eigenvalue weighted by Gasteiger charge is 2.35. The van der Waals surface area contributed by atoms with Gasteiger partial charge in [-0.1, -0.05) is 0 Å². The minimum Gasteiger partial charge on any atom is -0.443 e. The number of imide groups is 1. The molecule has 1 rings (SSSR count). The molecule has 0 aliphatic heterocycles. The predicted molar refractivity (Wildman–Crippen MR) is 94.3 cm³/mol. The number of rotatable bonds is 1. The van der Waals surface area contributed by atoms with Crippen molar-refractivity contribution in [1.82, 2.24) is 4.57 Å². The zero-order chi connectivity index (χ0) is 18.9. The van der Waals surface area contributed by atoms with Gasteiger partial charge >= 0.3 is 12.2 Å². The number of pyridine rings is 1. The number of hydrogen-bond acceptors (Lipinski definition) is 5. The van der Waals surface area contributed by atoms with Crippen LogP contribution in [0.3, 0.4) is 0 Å². The second kappa shape index (κ2) is 6.96. The summed E-state index contributed by atoms with van der Waals surface area (Å²) in [6, 6.07) is 1.55. The van der Waals surface area contributed by atoms with Gasteiger partial charge < -0.3 is 14.0 Å². The van der Waals surface area contributed by atoms with Crippen LogP contribution >= 0.6 is 15.9 Å². The van der Waals surface area contributed by atoms with Gasteiger partial charge in [0.2, 0.25) is 0 Å². The monoisotopic (exact) mass is 402 g/mol. The molecule has 0 saturated heterocycles. The van der Waals surface area contributed by atoms with E-state index < -0.39 is 28.9 Å². The second-order valence-electron chi connectivity index (χ2n) is 7.22. The molecule has 0 aliphatic carbocycles. The zero-order valence-electron chi connectivity index (χ0n) is 15.0. The minimum absolute atomic E-state index is 0.163. The number of aryl methyl sites for hydroxylation is 1. The number of anilines is 1. The fourth-order valence-corrected chi connectivity index (χ4v) is 2.13. The highest BCUT2D eigenvalue weighted by atomic mass is 79.9. The van der Waals surface area contributed by atoms with Crippen LogP contribution in [0.25, 0.3) is 0 Å². The highest BCUT2D eigenvalue weighted by Crippen LogP contribution is 2.25. The Morgan fingerprint density at radius 1 is 1.04 bits per heavy atom. The molecule has 0 aromatic carbocycles. The topological polar surface area (TPSA) is 77.8 Å². The van der Waals surface area contributed by atoms with Crippen molar-refractivity contribution >= 4 is 33.8 Å². The minimum atomic E-state index is -0.985. The van der Waals surface area contributed by atoms with Crippen LogP contribution in [0.2, 0.25) is 0 Å². The third-order valence-corrected chi connectivity index (χ3v) is 3.21. The average Bonchev–Trinajstić information content (AvgIpc) is 2.34. The molecule has 2 amide bonds. The number of halogens is 1. The number of ether oxygens (including phenoxy) is 2.